The number of carbonyl (C=O) groups excluding carboxylic acids is 1. The minimum Gasteiger partial charge on any atom is -0.481 e. The van der Waals surface area contributed by atoms with Gasteiger partial charge in [-0.25, -0.2) is 4.68 Å². The molecule has 1 unspecified atom stereocenters. The van der Waals surface area contributed by atoms with Crippen molar-refractivity contribution in [2.75, 3.05) is 6.54 Å². The van der Waals surface area contributed by atoms with Gasteiger partial charge in [0.2, 0.25) is 0 Å². The van der Waals surface area contributed by atoms with Crippen LogP contribution >= 0.6 is 11.3 Å². The third-order valence-corrected chi connectivity index (χ3v) is 6.43. The van der Waals surface area contributed by atoms with Gasteiger partial charge in [0.15, 0.2) is 0 Å². The van der Waals surface area contributed by atoms with Gasteiger partial charge in [-0.3, -0.25) is 9.59 Å². The fourth-order valence-electron chi connectivity index (χ4n) is 3.90. The van der Waals surface area contributed by atoms with Crippen LogP contribution in [0.4, 0.5) is 0 Å². The summed E-state index contributed by atoms with van der Waals surface area (Å²) < 4.78 is 1.89. The predicted octanol–water partition coefficient (Wildman–Crippen LogP) is 4.25. The number of carboxylic acid groups (broad SMARTS) is 1. The highest BCUT2D eigenvalue weighted by Gasteiger charge is 2.29. The summed E-state index contributed by atoms with van der Waals surface area (Å²) in [6, 6.07) is 11.9. The Hall–Kier alpha value is -2.67. The molecule has 0 bridgehead atoms. The largest absolute Gasteiger partial charge is 0.481 e. The van der Waals surface area contributed by atoms with Crippen molar-refractivity contribution < 1.29 is 14.7 Å². The highest BCUT2D eigenvalue weighted by atomic mass is 32.1. The highest BCUT2D eigenvalue weighted by molar-refractivity contribution is 7.20. The number of piperidine rings is 1. The zero-order valence-electron chi connectivity index (χ0n) is 15.8. The third kappa shape index (κ3) is 3.54. The number of thiophene rings is 1. The summed E-state index contributed by atoms with van der Waals surface area (Å²) >= 11 is 1.46. The third-order valence-electron chi connectivity index (χ3n) is 5.34. The lowest BCUT2D eigenvalue weighted by molar-refractivity contribution is -0.137. The number of rotatable bonds is 5. The van der Waals surface area contributed by atoms with Gasteiger partial charge in [-0.15, -0.1) is 11.3 Å². The average Bonchev–Trinajstić information content (AvgIpc) is 3.27. The number of amides is 1. The minimum atomic E-state index is -0.807. The van der Waals surface area contributed by atoms with Gasteiger partial charge in [-0.1, -0.05) is 18.2 Å². The van der Waals surface area contributed by atoms with Crippen molar-refractivity contribution in [3.8, 4) is 5.69 Å². The molecule has 28 heavy (non-hydrogen) atoms. The number of aromatic nitrogens is 2. The first-order chi connectivity index (χ1) is 13.5. The lowest BCUT2D eigenvalue weighted by Gasteiger charge is -2.35. The predicted molar refractivity (Wildman–Crippen MR) is 109 cm³/mol. The van der Waals surface area contributed by atoms with E-state index in [-0.39, 0.29) is 18.4 Å². The summed E-state index contributed by atoms with van der Waals surface area (Å²) in [5, 5.41) is 14.6. The molecule has 1 amide bonds. The molecule has 6 nitrogen and oxygen atoms in total. The van der Waals surface area contributed by atoms with Crippen molar-refractivity contribution >= 4 is 33.4 Å². The van der Waals surface area contributed by atoms with Gasteiger partial charge in [-0.2, -0.15) is 5.10 Å². The minimum absolute atomic E-state index is 0.00859. The Morgan fingerprint density at radius 1 is 1.25 bits per heavy atom. The Morgan fingerprint density at radius 3 is 2.79 bits per heavy atom. The average molecular weight is 398 g/mol. The maximum atomic E-state index is 13.2. The van der Waals surface area contributed by atoms with Gasteiger partial charge < -0.3 is 10.0 Å². The Labute approximate surface area is 167 Å². The molecule has 1 N–H and O–H groups in total. The number of carboxylic acids is 1. The van der Waals surface area contributed by atoms with Crippen LogP contribution in [-0.4, -0.2) is 44.3 Å². The number of hydrogen-bond acceptors (Lipinski definition) is 4. The molecule has 3 aromatic rings. The van der Waals surface area contributed by atoms with Gasteiger partial charge in [-0.05, 0) is 50.8 Å². The molecular formula is C21H23N3O3S. The molecule has 1 fully saturated rings. The summed E-state index contributed by atoms with van der Waals surface area (Å²) in [6.07, 6.45) is 3.51. The molecule has 0 aliphatic carbocycles. The summed E-state index contributed by atoms with van der Waals surface area (Å²) in [5.41, 5.74) is 1.87. The molecule has 1 saturated heterocycles. The van der Waals surface area contributed by atoms with Crippen molar-refractivity contribution in [1.82, 2.24) is 14.7 Å². The van der Waals surface area contributed by atoms with Crippen molar-refractivity contribution in [2.45, 2.75) is 45.1 Å². The molecule has 0 spiro atoms. The van der Waals surface area contributed by atoms with Crippen molar-refractivity contribution in [3.05, 3.63) is 47.0 Å². The van der Waals surface area contributed by atoms with Crippen LogP contribution in [0.5, 0.6) is 0 Å². The second kappa shape index (κ2) is 7.75. The molecule has 0 radical (unpaired) electrons. The number of aliphatic carboxylic acids is 1. The molecule has 1 aromatic carbocycles. The standard InChI is InChI=1S/C21H23N3O3S/c1-14-17-13-18(28-21(17)24(22-14)16-8-3-2-4-9-16)20(27)23-12-6-5-7-15(23)10-11-19(25)26/h2-4,8-9,13,15H,5-7,10-12H2,1H3,(H,25,26). The molecule has 4 rings (SSSR count). The molecule has 3 heterocycles. The van der Waals surface area contributed by atoms with Crippen LogP contribution in [0.15, 0.2) is 36.4 Å². The van der Waals surface area contributed by atoms with Crippen LogP contribution in [0.25, 0.3) is 15.9 Å². The van der Waals surface area contributed by atoms with E-state index in [0.29, 0.717) is 17.8 Å². The van der Waals surface area contributed by atoms with Crippen molar-refractivity contribution in [3.63, 3.8) is 0 Å². The first kappa shape index (κ1) is 18.7. The first-order valence-corrected chi connectivity index (χ1v) is 10.4. The summed E-state index contributed by atoms with van der Waals surface area (Å²) in [6.45, 7) is 2.65. The van der Waals surface area contributed by atoms with Gasteiger partial charge >= 0.3 is 5.97 Å². The fraction of sp³-hybridized carbons (Fsp3) is 0.381. The van der Waals surface area contributed by atoms with E-state index in [9.17, 15) is 9.59 Å². The van der Waals surface area contributed by atoms with E-state index in [0.717, 1.165) is 40.9 Å². The molecule has 1 aliphatic heterocycles. The molecule has 2 aromatic heterocycles. The number of fused-ring (bicyclic) bond motifs is 1. The van der Waals surface area contributed by atoms with E-state index in [4.69, 9.17) is 5.11 Å². The van der Waals surface area contributed by atoms with Gasteiger partial charge in [0.25, 0.3) is 5.91 Å². The van der Waals surface area contributed by atoms with Crippen LogP contribution in [0, 0.1) is 6.92 Å². The SMILES string of the molecule is Cc1nn(-c2ccccc2)c2sc(C(=O)N3CCCCC3CCC(=O)O)cc12. The number of benzene rings is 1. The van der Waals surface area contributed by atoms with Crippen LogP contribution in [0.3, 0.4) is 0 Å². The van der Waals surface area contributed by atoms with Gasteiger partial charge in [0.1, 0.15) is 4.83 Å². The zero-order valence-corrected chi connectivity index (χ0v) is 16.6. The van der Waals surface area contributed by atoms with E-state index >= 15 is 0 Å². The Bertz CT molecular complexity index is 1010. The number of hydrogen-bond donors (Lipinski definition) is 1. The van der Waals surface area contributed by atoms with Crippen LogP contribution in [0.2, 0.25) is 0 Å². The van der Waals surface area contributed by atoms with Gasteiger partial charge in [0, 0.05) is 24.4 Å². The zero-order chi connectivity index (χ0) is 19.7. The Balaban J connectivity index is 1.65. The second-order valence-electron chi connectivity index (χ2n) is 7.24. The summed E-state index contributed by atoms with van der Waals surface area (Å²) in [7, 11) is 0. The topological polar surface area (TPSA) is 75.4 Å². The van der Waals surface area contributed by atoms with Crippen molar-refractivity contribution in [1.29, 1.82) is 0 Å². The maximum absolute atomic E-state index is 13.2. The van der Waals surface area contributed by atoms with E-state index in [1.54, 1.807) is 0 Å². The monoisotopic (exact) mass is 397 g/mol. The van der Waals surface area contributed by atoms with Crippen LogP contribution in [-0.2, 0) is 4.79 Å². The quantitative estimate of drug-likeness (QED) is 0.698. The lowest BCUT2D eigenvalue weighted by Crippen LogP contribution is -2.43. The van der Waals surface area contributed by atoms with Crippen molar-refractivity contribution in [2.24, 2.45) is 0 Å². The Morgan fingerprint density at radius 2 is 2.04 bits per heavy atom. The highest BCUT2D eigenvalue weighted by Crippen LogP contribution is 2.32. The second-order valence-corrected chi connectivity index (χ2v) is 8.27. The number of aryl methyl sites for hydroxylation is 1. The summed E-state index contributed by atoms with van der Waals surface area (Å²) in [4.78, 5) is 27.8. The number of para-hydroxylation sites is 1. The first-order valence-electron chi connectivity index (χ1n) is 9.62. The summed E-state index contributed by atoms with van der Waals surface area (Å²) in [5.74, 6) is -0.797. The van der Waals surface area contributed by atoms with Gasteiger partial charge in [0.05, 0.1) is 16.3 Å². The normalized spacial score (nSPS) is 17.2. The number of likely N-dealkylation sites (tertiary alicyclic amines) is 1. The lowest BCUT2D eigenvalue weighted by atomic mass is 9.97. The molecule has 1 atom stereocenters. The Kier molecular flexibility index (Phi) is 5.17. The van der Waals surface area contributed by atoms with Crippen LogP contribution < -0.4 is 0 Å². The number of nitrogens with zero attached hydrogens (tertiary/aromatic N) is 3. The maximum Gasteiger partial charge on any atom is 0.303 e. The van der Waals surface area contributed by atoms with E-state index in [1.807, 2.05) is 52.9 Å². The molecule has 0 saturated carbocycles. The number of carbonyl (C=O) groups is 2. The molecule has 7 heteroatoms. The van der Waals surface area contributed by atoms with E-state index < -0.39 is 5.97 Å². The molecule has 146 valence electrons. The smallest absolute Gasteiger partial charge is 0.303 e. The molecule has 1 aliphatic rings. The molecular weight excluding hydrogens is 374 g/mol. The fourth-order valence-corrected chi connectivity index (χ4v) is 5.04. The van der Waals surface area contributed by atoms with Crippen LogP contribution in [0.1, 0.15) is 47.5 Å². The van der Waals surface area contributed by atoms with E-state index in [2.05, 4.69) is 5.10 Å². The van der Waals surface area contributed by atoms with E-state index in [1.165, 1.54) is 11.3 Å².